The number of hydrogen-bond acceptors (Lipinski definition) is 8. The fourth-order valence-corrected chi connectivity index (χ4v) is 3.22. The molecule has 0 spiro atoms. The highest BCUT2D eigenvalue weighted by atomic mass is 16.5. The molecule has 0 aliphatic carbocycles. The van der Waals surface area contributed by atoms with Gasteiger partial charge in [0.1, 0.15) is 25.4 Å². The van der Waals surface area contributed by atoms with Crippen LogP contribution < -0.4 is 0 Å². The third-order valence-corrected chi connectivity index (χ3v) is 5.33. The number of carbonyl (C=O) groups is 4. The maximum absolute atomic E-state index is 12.3. The van der Waals surface area contributed by atoms with Gasteiger partial charge in [0.2, 0.25) is 0 Å². The summed E-state index contributed by atoms with van der Waals surface area (Å²) in [6, 6.07) is 18.6. The summed E-state index contributed by atoms with van der Waals surface area (Å²) in [7, 11) is 0. The molecule has 3 rings (SSSR count). The number of aliphatic hydroxyl groups excluding tert-OH is 2. The lowest BCUT2D eigenvalue weighted by molar-refractivity contribution is 0.0458. The van der Waals surface area contributed by atoms with Gasteiger partial charge in [-0.1, -0.05) is 48.5 Å². The maximum Gasteiger partial charge on any atom is 0.338 e. The van der Waals surface area contributed by atoms with Crippen LogP contribution in [0.2, 0.25) is 0 Å². The largest absolute Gasteiger partial charge is 0.457 e. The molecule has 2 unspecified atom stereocenters. The number of aliphatic hydroxyl groups is 2. The molecule has 0 aliphatic heterocycles. The van der Waals surface area contributed by atoms with Crippen LogP contribution in [-0.2, 0) is 22.7 Å². The molecule has 2 N–H and O–H groups in total. The molecular weight excluding hydrogens is 464 g/mol. The summed E-state index contributed by atoms with van der Waals surface area (Å²) in [4.78, 5) is 48.2. The number of Topliss-reactive ketones (excluding diaryl/α,β-unsaturated/α-hetero) is 2. The molecule has 8 heteroatoms. The number of ketones is 2. The molecule has 0 amide bonds. The standard InChI is InChI=1S/C28H26O8/c1-17(29)25(31)21-7-3-19(4-8-21)15-35-27(33)23-11-13-24(14-12-23)28(34)36-16-20-5-9-22(10-6-20)26(32)18(2)30/h3-14,17-18,29-30H,15-16H2,1-2H3. The fraction of sp³-hybridized carbons (Fsp3) is 0.214. The van der Waals surface area contributed by atoms with E-state index >= 15 is 0 Å². The Kier molecular flexibility index (Phi) is 8.83. The van der Waals surface area contributed by atoms with Gasteiger partial charge in [-0.15, -0.1) is 0 Å². The Morgan fingerprint density at radius 3 is 1.11 bits per heavy atom. The SMILES string of the molecule is CC(O)C(=O)c1ccc(COC(=O)c2ccc(C(=O)OCc3ccc(C(=O)C(C)O)cc3)cc2)cc1. The Bertz CT molecular complexity index is 1130. The van der Waals surface area contributed by atoms with Gasteiger partial charge in [0, 0.05) is 11.1 Å². The molecule has 8 nitrogen and oxygen atoms in total. The van der Waals surface area contributed by atoms with Crippen molar-refractivity contribution < 1.29 is 38.9 Å². The minimum Gasteiger partial charge on any atom is -0.457 e. The van der Waals surface area contributed by atoms with Crippen molar-refractivity contribution in [3.8, 4) is 0 Å². The fourth-order valence-electron chi connectivity index (χ4n) is 3.22. The van der Waals surface area contributed by atoms with E-state index in [2.05, 4.69) is 0 Å². The highest BCUT2D eigenvalue weighted by molar-refractivity contribution is 5.99. The number of ether oxygens (including phenoxy) is 2. The molecule has 3 aromatic carbocycles. The van der Waals surface area contributed by atoms with Crippen LogP contribution in [0.1, 0.15) is 66.4 Å². The smallest absolute Gasteiger partial charge is 0.338 e. The quantitative estimate of drug-likeness (QED) is 0.326. The zero-order valence-corrected chi connectivity index (χ0v) is 19.8. The number of rotatable bonds is 10. The monoisotopic (exact) mass is 490 g/mol. The molecule has 3 aromatic rings. The van der Waals surface area contributed by atoms with Gasteiger partial charge in [-0.3, -0.25) is 9.59 Å². The van der Waals surface area contributed by atoms with Gasteiger partial charge in [0.15, 0.2) is 11.6 Å². The van der Waals surface area contributed by atoms with Crippen molar-refractivity contribution in [2.45, 2.75) is 39.3 Å². The van der Waals surface area contributed by atoms with Gasteiger partial charge in [-0.25, -0.2) is 9.59 Å². The highest BCUT2D eigenvalue weighted by Crippen LogP contribution is 2.13. The number of carbonyl (C=O) groups excluding carboxylic acids is 4. The molecule has 36 heavy (non-hydrogen) atoms. The molecule has 2 atom stereocenters. The highest BCUT2D eigenvalue weighted by Gasteiger charge is 2.14. The Labute approximate surface area is 208 Å². The second kappa shape index (κ2) is 12.0. The van der Waals surface area contributed by atoms with Crippen LogP contribution >= 0.6 is 0 Å². The van der Waals surface area contributed by atoms with Crippen LogP contribution in [0.25, 0.3) is 0 Å². The van der Waals surface area contributed by atoms with Gasteiger partial charge in [0.25, 0.3) is 0 Å². The third kappa shape index (κ3) is 6.94. The Morgan fingerprint density at radius 2 is 0.833 bits per heavy atom. The Hall–Kier alpha value is -4.14. The van der Waals surface area contributed by atoms with E-state index in [0.29, 0.717) is 22.3 Å². The molecule has 0 fully saturated rings. The lowest BCUT2D eigenvalue weighted by Gasteiger charge is -2.08. The van der Waals surface area contributed by atoms with Crippen molar-refractivity contribution in [3.05, 3.63) is 106 Å². The van der Waals surface area contributed by atoms with Crippen molar-refractivity contribution in [3.63, 3.8) is 0 Å². The number of benzene rings is 3. The number of hydrogen-bond donors (Lipinski definition) is 2. The van der Waals surface area contributed by atoms with E-state index in [4.69, 9.17) is 9.47 Å². The minimum absolute atomic E-state index is 0.00657. The summed E-state index contributed by atoms with van der Waals surface area (Å²) in [6.45, 7) is 2.78. The van der Waals surface area contributed by atoms with Crippen molar-refractivity contribution in [1.29, 1.82) is 0 Å². The van der Waals surface area contributed by atoms with Gasteiger partial charge in [-0.05, 0) is 49.2 Å². The first-order chi connectivity index (χ1) is 17.2. The van der Waals surface area contributed by atoms with Gasteiger partial charge in [0.05, 0.1) is 11.1 Å². The Morgan fingerprint density at radius 1 is 0.556 bits per heavy atom. The summed E-state index contributed by atoms with van der Waals surface area (Å²) in [6.07, 6.45) is -2.18. The average Bonchev–Trinajstić information content (AvgIpc) is 2.90. The zero-order valence-electron chi connectivity index (χ0n) is 19.8. The molecule has 0 radical (unpaired) electrons. The van der Waals surface area contributed by atoms with Gasteiger partial charge >= 0.3 is 11.9 Å². The molecule has 0 saturated carbocycles. The molecule has 0 aromatic heterocycles. The van der Waals surface area contributed by atoms with E-state index in [1.165, 1.54) is 38.1 Å². The lowest BCUT2D eigenvalue weighted by Crippen LogP contribution is -2.16. The zero-order chi connectivity index (χ0) is 26.2. The van der Waals surface area contributed by atoms with Crippen LogP contribution in [0.4, 0.5) is 0 Å². The summed E-state index contributed by atoms with van der Waals surface area (Å²) in [5, 5.41) is 18.7. The summed E-state index contributed by atoms with van der Waals surface area (Å²) in [5.74, 6) is -1.93. The van der Waals surface area contributed by atoms with Crippen LogP contribution in [0.15, 0.2) is 72.8 Å². The molecule has 0 saturated heterocycles. The van der Waals surface area contributed by atoms with E-state index in [1.54, 1.807) is 48.5 Å². The van der Waals surface area contributed by atoms with Crippen LogP contribution in [0, 0.1) is 0 Å². The molecule has 0 bridgehead atoms. The van der Waals surface area contributed by atoms with Crippen molar-refractivity contribution in [1.82, 2.24) is 0 Å². The van der Waals surface area contributed by atoms with Crippen LogP contribution in [-0.4, -0.2) is 45.9 Å². The van der Waals surface area contributed by atoms with E-state index < -0.39 is 24.1 Å². The number of esters is 2. The topological polar surface area (TPSA) is 127 Å². The van der Waals surface area contributed by atoms with E-state index in [-0.39, 0.29) is 35.9 Å². The minimum atomic E-state index is -1.09. The van der Waals surface area contributed by atoms with Crippen molar-refractivity contribution in [2.24, 2.45) is 0 Å². The summed E-state index contributed by atoms with van der Waals surface area (Å²) >= 11 is 0. The van der Waals surface area contributed by atoms with Crippen LogP contribution in [0.5, 0.6) is 0 Å². The molecule has 186 valence electrons. The van der Waals surface area contributed by atoms with E-state index in [1.807, 2.05) is 0 Å². The van der Waals surface area contributed by atoms with Crippen molar-refractivity contribution >= 4 is 23.5 Å². The van der Waals surface area contributed by atoms with E-state index in [9.17, 15) is 29.4 Å². The lowest BCUT2D eigenvalue weighted by atomic mass is 10.1. The maximum atomic E-state index is 12.3. The molecular formula is C28H26O8. The van der Waals surface area contributed by atoms with Gasteiger partial charge in [-0.2, -0.15) is 0 Å². The van der Waals surface area contributed by atoms with Crippen LogP contribution in [0.3, 0.4) is 0 Å². The van der Waals surface area contributed by atoms with E-state index in [0.717, 1.165) is 0 Å². The predicted octanol–water partition coefficient (Wildman–Crippen LogP) is 3.53. The molecule has 0 heterocycles. The first-order valence-electron chi connectivity index (χ1n) is 11.2. The Balaban J connectivity index is 1.50. The first kappa shape index (κ1) is 26.5. The normalized spacial score (nSPS) is 12.3. The molecule has 0 aliphatic rings. The van der Waals surface area contributed by atoms with Crippen molar-refractivity contribution in [2.75, 3.05) is 0 Å². The second-order valence-electron chi connectivity index (χ2n) is 8.20. The third-order valence-electron chi connectivity index (χ3n) is 5.33. The second-order valence-corrected chi connectivity index (χ2v) is 8.20. The summed E-state index contributed by atoms with van der Waals surface area (Å²) in [5.41, 5.74) is 2.59. The average molecular weight is 491 g/mol. The summed E-state index contributed by atoms with van der Waals surface area (Å²) < 4.78 is 10.6. The predicted molar refractivity (Wildman–Crippen MR) is 130 cm³/mol. The van der Waals surface area contributed by atoms with Gasteiger partial charge < -0.3 is 19.7 Å². The first-order valence-corrected chi connectivity index (χ1v) is 11.2.